The van der Waals surface area contributed by atoms with Crippen molar-refractivity contribution in [1.82, 2.24) is 5.32 Å². The molecule has 3 aromatic rings. The third-order valence-electron chi connectivity index (χ3n) is 4.61. The van der Waals surface area contributed by atoms with Gasteiger partial charge in [0.2, 0.25) is 10.0 Å². The van der Waals surface area contributed by atoms with Crippen LogP contribution in [0, 0.1) is 6.92 Å². The van der Waals surface area contributed by atoms with Crippen LogP contribution in [0.4, 0.5) is 5.69 Å². The molecule has 0 saturated carbocycles. The van der Waals surface area contributed by atoms with Crippen molar-refractivity contribution in [3.8, 4) is 0 Å². The van der Waals surface area contributed by atoms with Crippen molar-refractivity contribution in [1.29, 1.82) is 0 Å². The number of halogens is 2. The first-order valence-electron chi connectivity index (χ1n) is 9.48. The Morgan fingerprint density at radius 2 is 1.58 bits per heavy atom. The van der Waals surface area contributed by atoms with E-state index in [0.29, 0.717) is 27.8 Å². The molecule has 5 nitrogen and oxygen atoms in total. The topological polar surface area (TPSA) is 66.5 Å². The maximum Gasteiger partial charge on any atom is 0.251 e. The van der Waals surface area contributed by atoms with Crippen molar-refractivity contribution in [2.75, 3.05) is 10.6 Å². The molecule has 3 aromatic carbocycles. The van der Waals surface area contributed by atoms with Crippen molar-refractivity contribution in [3.63, 3.8) is 0 Å². The summed E-state index contributed by atoms with van der Waals surface area (Å²) in [5, 5.41) is 3.58. The molecule has 0 fully saturated rings. The van der Waals surface area contributed by atoms with Crippen LogP contribution in [0.15, 0.2) is 66.7 Å². The molecule has 0 radical (unpaired) electrons. The van der Waals surface area contributed by atoms with Crippen LogP contribution in [0.1, 0.15) is 27.0 Å². The summed E-state index contributed by atoms with van der Waals surface area (Å²) in [6, 6.07) is 19.4. The molecule has 0 atom stereocenters. The molecule has 0 unspecified atom stereocenters. The number of sulfonamides is 1. The third-order valence-corrected chi connectivity index (χ3v) is 6.19. The summed E-state index contributed by atoms with van der Waals surface area (Å²) >= 11 is 12.1. The van der Waals surface area contributed by atoms with Crippen molar-refractivity contribution < 1.29 is 13.2 Å². The minimum Gasteiger partial charge on any atom is -0.348 e. The van der Waals surface area contributed by atoms with Crippen LogP contribution in [-0.4, -0.2) is 20.6 Å². The summed E-state index contributed by atoms with van der Waals surface area (Å²) in [5.74, 6) is -0.199. The Balaban J connectivity index is 1.72. The van der Waals surface area contributed by atoms with Gasteiger partial charge in [-0.15, -0.1) is 0 Å². The van der Waals surface area contributed by atoms with Gasteiger partial charge in [0, 0.05) is 22.2 Å². The predicted octanol–water partition coefficient (Wildman–Crippen LogP) is 5.20. The molecule has 0 aromatic heterocycles. The number of hydrogen-bond donors (Lipinski definition) is 1. The number of nitrogens with one attached hydrogen (secondary N) is 1. The molecule has 31 heavy (non-hydrogen) atoms. The number of aryl methyl sites for hydroxylation is 1. The first kappa shape index (κ1) is 23.1. The maximum atomic E-state index is 12.4. The fraction of sp³-hybridized carbons (Fsp3) is 0.174. The van der Waals surface area contributed by atoms with E-state index in [-0.39, 0.29) is 12.5 Å². The maximum absolute atomic E-state index is 12.4. The summed E-state index contributed by atoms with van der Waals surface area (Å²) in [6.07, 6.45) is 1.12. The molecule has 8 heteroatoms. The zero-order valence-electron chi connectivity index (χ0n) is 17.1. The first-order valence-corrected chi connectivity index (χ1v) is 12.1. The number of hydrogen-bond acceptors (Lipinski definition) is 3. The molecular weight excluding hydrogens is 455 g/mol. The standard InChI is InChI=1S/C23H22Cl2N2O3S/c1-16-4-3-5-18(10-16)14-26-23(28)19-8-6-17(7-9-19)15-27(31(2,29)30)22-12-20(24)11-21(25)13-22/h3-13H,14-15H2,1-2H3,(H,26,28). The Morgan fingerprint density at radius 1 is 0.935 bits per heavy atom. The monoisotopic (exact) mass is 476 g/mol. The number of carbonyl (C=O) groups is 1. The second kappa shape index (κ2) is 9.73. The summed E-state index contributed by atoms with van der Waals surface area (Å²) in [4.78, 5) is 12.4. The third kappa shape index (κ3) is 6.47. The minimum absolute atomic E-state index is 0.0840. The van der Waals surface area contributed by atoms with E-state index < -0.39 is 10.0 Å². The molecule has 1 N–H and O–H groups in total. The van der Waals surface area contributed by atoms with E-state index in [1.165, 1.54) is 10.4 Å². The van der Waals surface area contributed by atoms with Gasteiger partial charge in [-0.05, 0) is 48.4 Å². The van der Waals surface area contributed by atoms with Crippen LogP contribution in [0.2, 0.25) is 10.0 Å². The van der Waals surface area contributed by atoms with E-state index in [4.69, 9.17) is 23.2 Å². The number of benzene rings is 3. The van der Waals surface area contributed by atoms with Gasteiger partial charge in [-0.25, -0.2) is 8.42 Å². The average Bonchev–Trinajstić information content (AvgIpc) is 2.69. The number of carbonyl (C=O) groups excluding carboxylic acids is 1. The second-order valence-electron chi connectivity index (χ2n) is 7.27. The molecule has 0 aliphatic carbocycles. The Labute approximate surface area is 192 Å². The molecule has 0 bridgehead atoms. The molecule has 0 aliphatic heterocycles. The second-order valence-corrected chi connectivity index (χ2v) is 10.0. The van der Waals surface area contributed by atoms with Crippen LogP contribution in [0.5, 0.6) is 0 Å². The lowest BCUT2D eigenvalue weighted by Crippen LogP contribution is -2.29. The van der Waals surface area contributed by atoms with E-state index >= 15 is 0 Å². The molecule has 162 valence electrons. The van der Waals surface area contributed by atoms with Gasteiger partial charge < -0.3 is 5.32 Å². The molecular formula is C23H22Cl2N2O3S. The van der Waals surface area contributed by atoms with Gasteiger partial charge in [-0.2, -0.15) is 0 Å². The van der Waals surface area contributed by atoms with Crippen molar-refractivity contribution >= 4 is 44.8 Å². The molecule has 0 aliphatic rings. The summed E-state index contributed by atoms with van der Waals surface area (Å²) < 4.78 is 25.9. The van der Waals surface area contributed by atoms with E-state index in [0.717, 1.165) is 22.9 Å². The van der Waals surface area contributed by atoms with Crippen molar-refractivity contribution in [2.45, 2.75) is 20.0 Å². The summed E-state index contributed by atoms with van der Waals surface area (Å²) in [5.41, 5.74) is 3.74. The largest absolute Gasteiger partial charge is 0.348 e. The van der Waals surface area contributed by atoms with Gasteiger partial charge in [0.1, 0.15) is 0 Å². The van der Waals surface area contributed by atoms with Crippen molar-refractivity contribution in [2.24, 2.45) is 0 Å². The first-order chi connectivity index (χ1) is 14.6. The quantitative estimate of drug-likeness (QED) is 0.509. The van der Waals surface area contributed by atoms with Gasteiger partial charge in [-0.3, -0.25) is 9.10 Å². The average molecular weight is 477 g/mol. The summed E-state index contributed by atoms with van der Waals surface area (Å²) in [7, 11) is -3.58. The number of rotatable bonds is 7. The zero-order valence-corrected chi connectivity index (χ0v) is 19.4. The predicted molar refractivity (Wildman–Crippen MR) is 126 cm³/mol. The van der Waals surface area contributed by atoms with Crippen LogP contribution >= 0.6 is 23.2 Å². The van der Waals surface area contributed by atoms with Gasteiger partial charge in [0.25, 0.3) is 5.91 Å². The van der Waals surface area contributed by atoms with Gasteiger partial charge in [0.15, 0.2) is 0 Å². The lowest BCUT2D eigenvalue weighted by molar-refractivity contribution is 0.0951. The van der Waals surface area contributed by atoms with E-state index in [2.05, 4.69) is 5.32 Å². The normalized spacial score (nSPS) is 11.2. The fourth-order valence-electron chi connectivity index (χ4n) is 3.12. The lowest BCUT2D eigenvalue weighted by atomic mass is 10.1. The Kier molecular flexibility index (Phi) is 7.26. The van der Waals surface area contributed by atoms with Crippen molar-refractivity contribution in [3.05, 3.63) is 99.0 Å². The number of anilines is 1. The molecule has 0 heterocycles. The van der Waals surface area contributed by atoms with Crippen LogP contribution < -0.4 is 9.62 Å². The van der Waals surface area contributed by atoms with Gasteiger partial charge in [-0.1, -0.05) is 65.2 Å². The van der Waals surface area contributed by atoms with Crippen LogP contribution in [-0.2, 0) is 23.1 Å². The number of amides is 1. The van der Waals surface area contributed by atoms with Gasteiger partial charge in [0.05, 0.1) is 18.5 Å². The molecule has 0 saturated heterocycles. The summed E-state index contributed by atoms with van der Waals surface area (Å²) in [6.45, 7) is 2.52. The molecule has 1 amide bonds. The SMILES string of the molecule is Cc1cccc(CNC(=O)c2ccc(CN(c3cc(Cl)cc(Cl)c3)S(C)(=O)=O)cc2)c1. The Bertz CT molecular complexity index is 1180. The zero-order chi connectivity index (χ0) is 22.6. The highest BCUT2D eigenvalue weighted by Crippen LogP contribution is 2.28. The fourth-order valence-corrected chi connectivity index (χ4v) is 4.50. The van der Waals surface area contributed by atoms with Gasteiger partial charge >= 0.3 is 0 Å². The highest BCUT2D eigenvalue weighted by molar-refractivity contribution is 7.92. The Morgan fingerprint density at radius 3 is 2.16 bits per heavy atom. The highest BCUT2D eigenvalue weighted by Gasteiger charge is 2.19. The molecule has 0 spiro atoms. The smallest absolute Gasteiger partial charge is 0.251 e. The Hall–Kier alpha value is -2.54. The molecule has 3 rings (SSSR count). The minimum atomic E-state index is -3.58. The highest BCUT2D eigenvalue weighted by atomic mass is 35.5. The van der Waals surface area contributed by atoms with Crippen LogP contribution in [0.25, 0.3) is 0 Å². The van der Waals surface area contributed by atoms with E-state index in [1.54, 1.807) is 36.4 Å². The van der Waals surface area contributed by atoms with E-state index in [9.17, 15) is 13.2 Å². The van der Waals surface area contributed by atoms with Crippen LogP contribution in [0.3, 0.4) is 0 Å². The van der Waals surface area contributed by atoms with E-state index in [1.807, 2.05) is 31.2 Å². The lowest BCUT2D eigenvalue weighted by Gasteiger charge is -2.23. The number of nitrogens with zero attached hydrogens (tertiary/aromatic N) is 1.